The molecule has 0 spiro atoms. The molecule has 0 bridgehead atoms. The molecule has 130 valence electrons. The predicted octanol–water partition coefficient (Wildman–Crippen LogP) is 3.14. The summed E-state index contributed by atoms with van der Waals surface area (Å²) in [7, 11) is 0. The zero-order chi connectivity index (χ0) is 17.9. The highest BCUT2D eigenvalue weighted by Gasteiger charge is 2.15. The van der Waals surface area contributed by atoms with Crippen molar-refractivity contribution in [1.82, 2.24) is 4.98 Å². The highest BCUT2D eigenvalue weighted by Crippen LogP contribution is 2.27. The molecule has 3 aromatic rings. The summed E-state index contributed by atoms with van der Waals surface area (Å²) in [6.45, 7) is -0.0954. The molecule has 0 saturated carbocycles. The van der Waals surface area contributed by atoms with Gasteiger partial charge in [-0.15, -0.1) is 0 Å². The second-order valence-electron chi connectivity index (χ2n) is 6.08. The van der Waals surface area contributed by atoms with Crippen molar-refractivity contribution >= 4 is 34.1 Å². The third-order valence-corrected chi connectivity index (χ3v) is 4.26. The molecule has 6 heteroatoms. The SMILES string of the molecule is O=C1CCc2cc(OCC(=O)Nc3cccc4ncccc34)ccc2N1. The Balaban J connectivity index is 1.42. The number of fused-ring (bicyclic) bond motifs is 2. The van der Waals surface area contributed by atoms with Crippen molar-refractivity contribution in [1.29, 1.82) is 0 Å². The lowest BCUT2D eigenvalue weighted by molar-refractivity contribution is -0.118. The van der Waals surface area contributed by atoms with Gasteiger partial charge in [0.2, 0.25) is 5.91 Å². The Labute approximate surface area is 150 Å². The molecule has 0 atom stereocenters. The van der Waals surface area contributed by atoms with Crippen LogP contribution in [0.3, 0.4) is 0 Å². The molecule has 6 nitrogen and oxygen atoms in total. The Kier molecular flexibility index (Phi) is 4.23. The molecule has 2 N–H and O–H groups in total. The Hall–Kier alpha value is -3.41. The van der Waals surface area contributed by atoms with Gasteiger partial charge in [-0.3, -0.25) is 14.6 Å². The molecule has 0 saturated heterocycles. The molecule has 2 heterocycles. The van der Waals surface area contributed by atoms with E-state index in [1.807, 2.05) is 36.4 Å². The number of carbonyl (C=O) groups excluding carboxylic acids is 2. The van der Waals surface area contributed by atoms with Crippen LogP contribution >= 0.6 is 0 Å². The van der Waals surface area contributed by atoms with Crippen molar-refractivity contribution in [2.24, 2.45) is 0 Å². The zero-order valence-corrected chi connectivity index (χ0v) is 14.0. The molecule has 1 aliphatic rings. The molecule has 0 fully saturated rings. The number of hydrogen-bond donors (Lipinski definition) is 2. The standard InChI is InChI=1S/C20H17N3O3/c24-19-9-6-13-11-14(7-8-16(13)22-19)26-12-20(25)23-18-5-1-4-17-15(18)3-2-10-21-17/h1-5,7-8,10-11H,6,9,12H2,(H,22,24)(H,23,25). The van der Waals surface area contributed by atoms with Gasteiger partial charge in [-0.2, -0.15) is 0 Å². The number of nitrogens with one attached hydrogen (secondary N) is 2. The van der Waals surface area contributed by atoms with Crippen molar-refractivity contribution in [3.63, 3.8) is 0 Å². The van der Waals surface area contributed by atoms with Gasteiger partial charge in [0.15, 0.2) is 6.61 Å². The fourth-order valence-electron chi connectivity index (χ4n) is 3.00. The first kappa shape index (κ1) is 16.1. The number of ether oxygens (including phenoxy) is 1. The summed E-state index contributed by atoms with van der Waals surface area (Å²) in [6, 6.07) is 14.7. The minimum absolute atomic E-state index is 0.0233. The smallest absolute Gasteiger partial charge is 0.262 e. The van der Waals surface area contributed by atoms with Crippen molar-refractivity contribution in [2.45, 2.75) is 12.8 Å². The molecule has 1 aromatic heterocycles. The van der Waals surface area contributed by atoms with Crippen LogP contribution in [0.1, 0.15) is 12.0 Å². The number of aryl methyl sites for hydroxylation is 1. The quantitative estimate of drug-likeness (QED) is 0.760. The van der Waals surface area contributed by atoms with Gasteiger partial charge in [0.25, 0.3) is 5.91 Å². The van der Waals surface area contributed by atoms with E-state index >= 15 is 0 Å². The summed E-state index contributed by atoms with van der Waals surface area (Å²) in [5, 5.41) is 6.57. The number of carbonyl (C=O) groups is 2. The minimum Gasteiger partial charge on any atom is -0.484 e. The van der Waals surface area contributed by atoms with Crippen molar-refractivity contribution in [3.05, 3.63) is 60.3 Å². The fraction of sp³-hybridized carbons (Fsp3) is 0.150. The first-order valence-electron chi connectivity index (χ1n) is 8.38. The van der Waals surface area contributed by atoms with Crippen LogP contribution in [0, 0.1) is 0 Å². The van der Waals surface area contributed by atoms with Gasteiger partial charge in [0, 0.05) is 23.7 Å². The molecule has 0 aliphatic carbocycles. The lowest BCUT2D eigenvalue weighted by Crippen LogP contribution is -2.21. The van der Waals surface area contributed by atoms with E-state index in [9.17, 15) is 9.59 Å². The summed E-state index contributed by atoms with van der Waals surface area (Å²) in [5.74, 6) is 0.386. The number of pyridine rings is 1. The van der Waals surface area contributed by atoms with E-state index in [-0.39, 0.29) is 18.4 Å². The van der Waals surface area contributed by atoms with E-state index in [1.54, 1.807) is 18.3 Å². The number of hydrogen-bond acceptors (Lipinski definition) is 4. The molecule has 0 unspecified atom stereocenters. The lowest BCUT2D eigenvalue weighted by atomic mass is 10.0. The van der Waals surface area contributed by atoms with Crippen LogP contribution in [0.15, 0.2) is 54.7 Å². The average molecular weight is 347 g/mol. The van der Waals surface area contributed by atoms with E-state index in [0.717, 1.165) is 22.2 Å². The number of amides is 2. The molecular weight excluding hydrogens is 330 g/mol. The summed E-state index contributed by atoms with van der Waals surface area (Å²) >= 11 is 0. The second kappa shape index (κ2) is 6.84. The number of anilines is 2. The molecule has 2 amide bonds. The van der Waals surface area contributed by atoms with E-state index in [1.165, 1.54) is 0 Å². The summed E-state index contributed by atoms with van der Waals surface area (Å²) in [6.07, 6.45) is 2.86. The van der Waals surface area contributed by atoms with Crippen molar-refractivity contribution in [2.75, 3.05) is 17.2 Å². The van der Waals surface area contributed by atoms with Gasteiger partial charge in [0.05, 0.1) is 11.2 Å². The van der Waals surface area contributed by atoms with E-state index in [2.05, 4.69) is 15.6 Å². The molecule has 2 aromatic carbocycles. The van der Waals surface area contributed by atoms with Gasteiger partial charge in [-0.05, 0) is 54.4 Å². The first-order chi connectivity index (χ1) is 12.7. The first-order valence-corrected chi connectivity index (χ1v) is 8.38. The maximum Gasteiger partial charge on any atom is 0.262 e. The molecule has 4 rings (SSSR count). The fourth-order valence-corrected chi connectivity index (χ4v) is 3.00. The highest BCUT2D eigenvalue weighted by atomic mass is 16.5. The third-order valence-electron chi connectivity index (χ3n) is 4.26. The molecule has 0 radical (unpaired) electrons. The van der Waals surface area contributed by atoms with Crippen LogP contribution in [0.5, 0.6) is 5.75 Å². The van der Waals surface area contributed by atoms with Crippen LogP contribution in [-0.2, 0) is 16.0 Å². The van der Waals surface area contributed by atoms with Gasteiger partial charge in [0.1, 0.15) is 5.75 Å². The Bertz CT molecular complexity index is 995. The summed E-state index contributed by atoms with van der Waals surface area (Å²) in [5.41, 5.74) is 3.35. The average Bonchev–Trinajstić information content (AvgIpc) is 2.66. The zero-order valence-electron chi connectivity index (χ0n) is 14.0. The molecule has 1 aliphatic heterocycles. The number of nitrogens with zero attached hydrogens (tertiary/aromatic N) is 1. The van der Waals surface area contributed by atoms with E-state index in [4.69, 9.17) is 4.74 Å². The van der Waals surface area contributed by atoms with Gasteiger partial charge < -0.3 is 15.4 Å². The van der Waals surface area contributed by atoms with Gasteiger partial charge in [-0.1, -0.05) is 6.07 Å². The summed E-state index contributed by atoms with van der Waals surface area (Å²) < 4.78 is 5.60. The predicted molar refractivity (Wildman–Crippen MR) is 99.3 cm³/mol. The normalized spacial score (nSPS) is 13.0. The Morgan fingerprint density at radius 3 is 3.00 bits per heavy atom. The number of aromatic nitrogens is 1. The molecular formula is C20H17N3O3. The highest BCUT2D eigenvalue weighted by molar-refractivity contribution is 6.01. The maximum atomic E-state index is 12.2. The van der Waals surface area contributed by atoms with E-state index in [0.29, 0.717) is 24.3 Å². The monoisotopic (exact) mass is 347 g/mol. The Morgan fingerprint density at radius 2 is 2.08 bits per heavy atom. The van der Waals surface area contributed by atoms with Crippen molar-refractivity contribution in [3.8, 4) is 5.75 Å². The van der Waals surface area contributed by atoms with Crippen LogP contribution in [0.25, 0.3) is 10.9 Å². The molecule has 26 heavy (non-hydrogen) atoms. The minimum atomic E-state index is -0.243. The number of rotatable bonds is 4. The van der Waals surface area contributed by atoms with Crippen LogP contribution in [0.2, 0.25) is 0 Å². The summed E-state index contributed by atoms with van der Waals surface area (Å²) in [4.78, 5) is 27.9. The van der Waals surface area contributed by atoms with Gasteiger partial charge in [-0.25, -0.2) is 0 Å². The Morgan fingerprint density at radius 1 is 1.15 bits per heavy atom. The van der Waals surface area contributed by atoms with Crippen LogP contribution in [-0.4, -0.2) is 23.4 Å². The van der Waals surface area contributed by atoms with Crippen molar-refractivity contribution < 1.29 is 14.3 Å². The second-order valence-corrected chi connectivity index (χ2v) is 6.08. The van der Waals surface area contributed by atoms with E-state index < -0.39 is 0 Å². The lowest BCUT2D eigenvalue weighted by Gasteiger charge is -2.17. The largest absolute Gasteiger partial charge is 0.484 e. The van der Waals surface area contributed by atoms with Gasteiger partial charge >= 0.3 is 0 Å². The number of benzene rings is 2. The van der Waals surface area contributed by atoms with Crippen LogP contribution in [0.4, 0.5) is 11.4 Å². The maximum absolute atomic E-state index is 12.2. The third kappa shape index (κ3) is 3.35. The topological polar surface area (TPSA) is 80.3 Å². The van der Waals surface area contributed by atoms with Crippen LogP contribution < -0.4 is 15.4 Å².